The van der Waals surface area contributed by atoms with Crippen LogP contribution in [-0.2, 0) is 9.59 Å². The lowest BCUT2D eigenvalue weighted by Crippen LogP contribution is -2.29. The quantitative estimate of drug-likeness (QED) is 0.254. The highest BCUT2D eigenvalue weighted by Crippen LogP contribution is 2.46. The van der Waals surface area contributed by atoms with E-state index in [9.17, 15) is 19.8 Å². The average molecular weight is 552 g/mol. The molecule has 2 N–H and O–H groups in total. The number of hydrogen-bond acceptors (Lipinski definition) is 7. The zero-order valence-corrected chi connectivity index (χ0v) is 21.0. The molecule has 5 rings (SSSR count). The normalized spacial score (nSPS) is 18.1. The van der Waals surface area contributed by atoms with Crippen LogP contribution in [0.1, 0.15) is 29.7 Å². The van der Waals surface area contributed by atoms with Gasteiger partial charge in [-0.2, -0.15) is 0 Å². The molecule has 0 aromatic heterocycles. The first kappa shape index (κ1) is 23.7. The van der Waals surface area contributed by atoms with Crippen molar-refractivity contribution < 1.29 is 34.0 Å². The van der Waals surface area contributed by atoms with Crippen molar-refractivity contribution in [3.8, 4) is 23.0 Å². The number of benzene rings is 3. The van der Waals surface area contributed by atoms with E-state index < -0.39 is 17.7 Å². The van der Waals surface area contributed by atoms with Gasteiger partial charge in [-0.05, 0) is 61.4 Å². The number of ether oxygens (including phenoxy) is 3. The Hall–Kier alpha value is -3.98. The molecule has 3 aromatic carbocycles. The number of halogens is 1. The van der Waals surface area contributed by atoms with Crippen LogP contribution >= 0.6 is 15.9 Å². The average Bonchev–Trinajstić information content (AvgIpc) is 3.44. The molecule has 184 valence electrons. The number of rotatable bonds is 5. The van der Waals surface area contributed by atoms with Crippen LogP contribution in [0, 0.1) is 6.92 Å². The third kappa shape index (κ3) is 3.95. The van der Waals surface area contributed by atoms with Gasteiger partial charge in [0.2, 0.25) is 6.79 Å². The maximum absolute atomic E-state index is 13.4. The topological polar surface area (TPSA) is 106 Å². The van der Waals surface area contributed by atoms with Gasteiger partial charge >= 0.3 is 0 Å². The summed E-state index contributed by atoms with van der Waals surface area (Å²) in [4.78, 5) is 28.1. The molecule has 1 amide bonds. The van der Waals surface area contributed by atoms with E-state index in [1.807, 2.05) is 6.92 Å². The highest BCUT2D eigenvalue weighted by molar-refractivity contribution is 9.10. The molecule has 1 unspecified atom stereocenters. The number of hydrogen-bond donors (Lipinski definition) is 2. The van der Waals surface area contributed by atoms with Gasteiger partial charge in [0, 0.05) is 21.8 Å². The summed E-state index contributed by atoms with van der Waals surface area (Å²) in [5, 5.41) is 21.6. The van der Waals surface area contributed by atoms with Crippen molar-refractivity contribution in [2.75, 3.05) is 18.3 Å². The molecule has 0 radical (unpaired) electrons. The molecule has 0 saturated carbocycles. The fourth-order valence-corrected chi connectivity index (χ4v) is 4.62. The molecule has 2 aliphatic heterocycles. The number of carbonyl (C=O) groups excluding carboxylic acids is 2. The van der Waals surface area contributed by atoms with Crippen molar-refractivity contribution in [2.24, 2.45) is 0 Å². The van der Waals surface area contributed by atoms with Gasteiger partial charge in [-0.25, -0.2) is 0 Å². The first-order valence-electron chi connectivity index (χ1n) is 11.2. The number of phenolic OH excluding ortho intramolecular Hbond substituents is 1. The minimum Gasteiger partial charge on any atom is -0.507 e. The van der Waals surface area contributed by atoms with Crippen LogP contribution in [-0.4, -0.2) is 35.3 Å². The Morgan fingerprint density at radius 3 is 2.61 bits per heavy atom. The lowest BCUT2D eigenvalue weighted by molar-refractivity contribution is -0.132. The highest BCUT2D eigenvalue weighted by atomic mass is 79.9. The third-order valence-electron chi connectivity index (χ3n) is 6.11. The van der Waals surface area contributed by atoms with Crippen LogP contribution in [0.25, 0.3) is 5.76 Å². The minimum atomic E-state index is -0.992. The van der Waals surface area contributed by atoms with Crippen molar-refractivity contribution in [1.29, 1.82) is 0 Å². The molecule has 0 bridgehead atoms. The molecule has 1 saturated heterocycles. The molecule has 1 fully saturated rings. The Balaban J connectivity index is 1.72. The number of aliphatic hydroxyl groups is 1. The number of aromatic hydroxyl groups is 1. The third-order valence-corrected chi connectivity index (χ3v) is 7.00. The zero-order chi connectivity index (χ0) is 25.6. The SMILES string of the molecule is CCOc1cc(C2/C(=C(\O)c3ccc(Br)c(C)c3)C(=O)C(=O)N2c2ccc3c(c2)OCO3)ccc1O. The number of carbonyl (C=O) groups is 2. The predicted octanol–water partition coefficient (Wildman–Crippen LogP) is 5.22. The molecule has 2 heterocycles. The molecular weight excluding hydrogens is 530 g/mol. The molecule has 0 spiro atoms. The number of Topliss-reactive ketones (excluding diaryl/α,β-unsaturated/α-hetero) is 1. The fourth-order valence-electron chi connectivity index (χ4n) is 4.37. The zero-order valence-electron chi connectivity index (χ0n) is 19.4. The number of phenols is 1. The summed E-state index contributed by atoms with van der Waals surface area (Å²) >= 11 is 3.44. The number of ketones is 1. The standard InChI is InChI=1S/C27H22BrNO7/c1-3-34-21-11-15(5-8-19(21)30)24-23(25(31)16-4-7-18(28)14(2)10-16)26(32)27(33)29(24)17-6-9-20-22(12-17)36-13-35-20/h4-12,24,30-31H,3,13H2,1-2H3/b25-23+. The first-order valence-corrected chi connectivity index (χ1v) is 12.0. The van der Waals surface area contributed by atoms with Crippen molar-refractivity contribution in [1.82, 2.24) is 0 Å². The molecule has 9 heteroatoms. The van der Waals surface area contributed by atoms with Crippen LogP contribution in [0.15, 0.2) is 64.6 Å². The van der Waals surface area contributed by atoms with Gasteiger partial charge in [-0.15, -0.1) is 0 Å². The highest BCUT2D eigenvalue weighted by Gasteiger charge is 2.47. The molecule has 8 nitrogen and oxygen atoms in total. The second-order valence-corrected chi connectivity index (χ2v) is 9.19. The summed E-state index contributed by atoms with van der Waals surface area (Å²) in [5.74, 6) is -0.849. The van der Waals surface area contributed by atoms with Gasteiger partial charge in [0.1, 0.15) is 5.76 Å². The van der Waals surface area contributed by atoms with Gasteiger partial charge < -0.3 is 24.4 Å². The Morgan fingerprint density at radius 2 is 1.86 bits per heavy atom. The number of nitrogens with zero attached hydrogens (tertiary/aromatic N) is 1. The maximum Gasteiger partial charge on any atom is 0.300 e. The van der Waals surface area contributed by atoms with Crippen LogP contribution in [0.2, 0.25) is 0 Å². The molecule has 2 aliphatic rings. The second-order valence-electron chi connectivity index (χ2n) is 8.33. The van der Waals surface area contributed by atoms with Gasteiger partial charge in [0.25, 0.3) is 11.7 Å². The van der Waals surface area contributed by atoms with E-state index >= 15 is 0 Å². The summed E-state index contributed by atoms with van der Waals surface area (Å²) in [6.07, 6.45) is 0. The van der Waals surface area contributed by atoms with E-state index in [1.165, 1.54) is 11.0 Å². The van der Waals surface area contributed by atoms with Crippen molar-refractivity contribution in [2.45, 2.75) is 19.9 Å². The Bertz CT molecular complexity index is 1430. The van der Waals surface area contributed by atoms with E-state index in [1.54, 1.807) is 55.5 Å². The lowest BCUT2D eigenvalue weighted by atomic mass is 9.94. The van der Waals surface area contributed by atoms with E-state index in [4.69, 9.17) is 14.2 Å². The first-order chi connectivity index (χ1) is 17.3. The number of amides is 1. The molecule has 3 aromatic rings. The molecule has 1 atom stereocenters. The van der Waals surface area contributed by atoms with Gasteiger partial charge in [0.15, 0.2) is 23.0 Å². The Kier molecular flexibility index (Phi) is 6.09. The van der Waals surface area contributed by atoms with Crippen molar-refractivity contribution in [3.63, 3.8) is 0 Å². The molecule has 0 aliphatic carbocycles. The smallest absolute Gasteiger partial charge is 0.300 e. The second kappa shape index (κ2) is 9.23. The van der Waals surface area contributed by atoms with Crippen molar-refractivity contribution in [3.05, 3.63) is 81.3 Å². The van der Waals surface area contributed by atoms with Gasteiger partial charge in [0.05, 0.1) is 18.2 Å². The van der Waals surface area contributed by atoms with Crippen LogP contribution < -0.4 is 19.1 Å². The molecular formula is C27H22BrNO7. The summed E-state index contributed by atoms with van der Waals surface area (Å²) in [6.45, 7) is 4.00. The van der Waals surface area contributed by atoms with Gasteiger partial charge in [-0.3, -0.25) is 14.5 Å². The number of aliphatic hydroxyl groups excluding tert-OH is 1. The summed E-state index contributed by atoms with van der Waals surface area (Å²) in [6, 6.07) is 13.7. The minimum absolute atomic E-state index is 0.0552. The van der Waals surface area contributed by atoms with Crippen LogP contribution in [0.4, 0.5) is 5.69 Å². The van der Waals surface area contributed by atoms with Gasteiger partial charge in [-0.1, -0.05) is 28.1 Å². The monoisotopic (exact) mass is 551 g/mol. The van der Waals surface area contributed by atoms with E-state index in [0.717, 1.165) is 10.0 Å². The molecule has 36 heavy (non-hydrogen) atoms. The Morgan fingerprint density at radius 1 is 1.08 bits per heavy atom. The Labute approximate surface area is 215 Å². The number of fused-ring (bicyclic) bond motifs is 1. The lowest BCUT2D eigenvalue weighted by Gasteiger charge is -2.26. The number of anilines is 1. The summed E-state index contributed by atoms with van der Waals surface area (Å²) < 4.78 is 17.2. The summed E-state index contributed by atoms with van der Waals surface area (Å²) in [7, 11) is 0. The summed E-state index contributed by atoms with van der Waals surface area (Å²) in [5.41, 5.74) is 2.04. The van der Waals surface area contributed by atoms with E-state index in [-0.39, 0.29) is 29.6 Å². The van der Waals surface area contributed by atoms with E-state index in [0.29, 0.717) is 34.9 Å². The van der Waals surface area contributed by atoms with Crippen LogP contribution in [0.3, 0.4) is 0 Å². The van der Waals surface area contributed by atoms with Crippen molar-refractivity contribution >= 4 is 39.1 Å². The van der Waals surface area contributed by atoms with E-state index in [2.05, 4.69) is 15.9 Å². The maximum atomic E-state index is 13.4. The largest absolute Gasteiger partial charge is 0.507 e. The fraction of sp³-hybridized carbons (Fsp3) is 0.185. The predicted molar refractivity (Wildman–Crippen MR) is 136 cm³/mol. The number of aryl methyl sites for hydroxylation is 1. The van der Waals surface area contributed by atoms with Crippen LogP contribution in [0.5, 0.6) is 23.0 Å².